The lowest BCUT2D eigenvalue weighted by atomic mass is 10.1. The van der Waals surface area contributed by atoms with Crippen LogP contribution in [0.15, 0.2) is 66.2 Å². The van der Waals surface area contributed by atoms with Gasteiger partial charge in [0.25, 0.3) is 11.8 Å². The summed E-state index contributed by atoms with van der Waals surface area (Å²) in [6.45, 7) is 6.09. The van der Waals surface area contributed by atoms with Gasteiger partial charge in [-0.2, -0.15) is 0 Å². The molecule has 5 heteroatoms. The van der Waals surface area contributed by atoms with E-state index in [1.165, 1.54) is 5.01 Å². The molecule has 1 fully saturated rings. The Hall–Kier alpha value is -3.60. The number of amides is 2. The van der Waals surface area contributed by atoms with Crippen LogP contribution < -0.4 is 10.4 Å². The molecule has 1 aliphatic heterocycles. The van der Waals surface area contributed by atoms with Crippen LogP contribution in [0, 0.1) is 20.8 Å². The number of hydrogen-bond acceptors (Lipinski definition) is 2. The number of rotatable bonds is 3. The first kappa shape index (κ1) is 17.8. The Morgan fingerprint density at radius 3 is 2.29 bits per heavy atom. The lowest BCUT2D eigenvalue weighted by Gasteiger charge is -2.13. The Kier molecular flexibility index (Phi) is 4.35. The first-order valence-electron chi connectivity index (χ1n) is 9.14. The Morgan fingerprint density at radius 2 is 1.57 bits per heavy atom. The third kappa shape index (κ3) is 2.91. The highest BCUT2D eigenvalue weighted by atomic mass is 16.2. The SMILES string of the molecule is Cc1ccccc1-n1c(C)cc(C=C2C(=O)NN(c3ccccc3)C2=O)c1C. The van der Waals surface area contributed by atoms with Crippen LogP contribution >= 0.6 is 0 Å². The van der Waals surface area contributed by atoms with Gasteiger partial charge < -0.3 is 4.57 Å². The smallest absolute Gasteiger partial charge is 0.282 e. The van der Waals surface area contributed by atoms with Gasteiger partial charge in [0, 0.05) is 17.1 Å². The molecule has 2 aromatic carbocycles. The molecule has 0 unspecified atom stereocenters. The molecule has 28 heavy (non-hydrogen) atoms. The molecular formula is C23H21N3O2. The predicted octanol–water partition coefficient (Wildman–Crippen LogP) is 3.86. The molecule has 2 amide bonds. The summed E-state index contributed by atoms with van der Waals surface area (Å²) in [4.78, 5) is 25.3. The number of nitrogens with zero attached hydrogens (tertiary/aromatic N) is 2. The van der Waals surface area contributed by atoms with Crippen LogP contribution in [-0.4, -0.2) is 16.4 Å². The van der Waals surface area contributed by atoms with E-state index in [0.717, 1.165) is 28.2 Å². The van der Waals surface area contributed by atoms with Gasteiger partial charge in [0.15, 0.2) is 0 Å². The number of nitrogens with one attached hydrogen (secondary N) is 1. The minimum Gasteiger partial charge on any atom is -0.318 e. The fraction of sp³-hybridized carbons (Fsp3) is 0.130. The van der Waals surface area contributed by atoms with Gasteiger partial charge in [0.05, 0.1) is 5.69 Å². The summed E-state index contributed by atoms with van der Waals surface area (Å²) < 4.78 is 2.15. The van der Waals surface area contributed by atoms with Gasteiger partial charge in [-0.3, -0.25) is 15.0 Å². The number of anilines is 1. The second kappa shape index (κ2) is 6.85. The molecule has 4 rings (SSSR count). The van der Waals surface area contributed by atoms with Crippen molar-refractivity contribution in [1.29, 1.82) is 0 Å². The zero-order valence-electron chi connectivity index (χ0n) is 16.1. The number of carbonyl (C=O) groups excluding carboxylic acids is 2. The van der Waals surface area contributed by atoms with Crippen molar-refractivity contribution in [2.45, 2.75) is 20.8 Å². The largest absolute Gasteiger partial charge is 0.318 e. The van der Waals surface area contributed by atoms with Crippen LogP contribution in [0.5, 0.6) is 0 Å². The molecule has 3 aromatic rings. The number of hydrazine groups is 1. The summed E-state index contributed by atoms with van der Waals surface area (Å²) in [6, 6.07) is 19.2. The summed E-state index contributed by atoms with van der Waals surface area (Å²) in [5.74, 6) is -0.744. The molecule has 1 saturated heterocycles. The zero-order valence-corrected chi connectivity index (χ0v) is 16.1. The maximum Gasteiger partial charge on any atom is 0.282 e. The van der Waals surface area contributed by atoms with E-state index in [1.54, 1.807) is 18.2 Å². The van der Waals surface area contributed by atoms with Crippen LogP contribution in [0.25, 0.3) is 11.8 Å². The molecular weight excluding hydrogens is 350 g/mol. The summed E-state index contributed by atoms with van der Waals surface area (Å²) in [5.41, 5.74) is 8.55. The van der Waals surface area contributed by atoms with Crippen molar-refractivity contribution in [2.75, 3.05) is 5.01 Å². The number of para-hydroxylation sites is 2. The molecule has 0 saturated carbocycles. The highest BCUT2D eigenvalue weighted by Gasteiger charge is 2.34. The van der Waals surface area contributed by atoms with E-state index in [4.69, 9.17) is 0 Å². The summed E-state index contributed by atoms with van der Waals surface area (Å²) in [5, 5.41) is 1.29. The maximum absolute atomic E-state index is 12.8. The van der Waals surface area contributed by atoms with Crippen molar-refractivity contribution in [1.82, 2.24) is 9.99 Å². The predicted molar refractivity (Wildman–Crippen MR) is 110 cm³/mol. The topological polar surface area (TPSA) is 54.3 Å². The molecule has 0 atom stereocenters. The van der Waals surface area contributed by atoms with E-state index in [9.17, 15) is 9.59 Å². The molecule has 0 aliphatic carbocycles. The van der Waals surface area contributed by atoms with E-state index in [2.05, 4.69) is 29.0 Å². The summed E-state index contributed by atoms with van der Waals surface area (Å²) in [7, 11) is 0. The molecule has 0 bridgehead atoms. The minimum atomic E-state index is -0.394. The normalized spacial score (nSPS) is 15.4. The molecule has 0 radical (unpaired) electrons. The van der Waals surface area contributed by atoms with E-state index in [1.807, 2.05) is 50.2 Å². The van der Waals surface area contributed by atoms with E-state index in [-0.39, 0.29) is 11.5 Å². The zero-order chi connectivity index (χ0) is 19.8. The van der Waals surface area contributed by atoms with E-state index in [0.29, 0.717) is 5.69 Å². The molecule has 1 aromatic heterocycles. The number of aryl methyl sites for hydroxylation is 2. The quantitative estimate of drug-likeness (QED) is 0.561. The fourth-order valence-corrected chi connectivity index (χ4v) is 3.59. The average Bonchev–Trinajstić information content (AvgIpc) is 3.13. The van der Waals surface area contributed by atoms with Gasteiger partial charge in [-0.1, -0.05) is 36.4 Å². The first-order valence-corrected chi connectivity index (χ1v) is 9.14. The molecule has 140 valence electrons. The molecule has 0 spiro atoms. The lowest BCUT2D eigenvalue weighted by Crippen LogP contribution is -2.35. The van der Waals surface area contributed by atoms with Gasteiger partial charge >= 0.3 is 0 Å². The number of hydrogen-bond donors (Lipinski definition) is 1. The standard InChI is InChI=1S/C23H21N3O2/c1-15-9-7-8-12-21(15)25-16(2)13-18(17(25)3)14-20-22(27)24-26(23(20)28)19-10-5-4-6-11-19/h4-14H,1-3H3,(H,24,27). The second-order valence-corrected chi connectivity index (χ2v) is 6.92. The van der Waals surface area contributed by atoms with Crippen molar-refractivity contribution in [3.8, 4) is 5.69 Å². The Bertz CT molecular complexity index is 1110. The van der Waals surface area contributed by atoms with E-state index < -0.39 is 5.91 Å². The second-order valence-electron chi connectivity index (χ2n) is 6.92. The van der Waals surface area contributed by atoms with Crippen molar-refractivity contribution in [2.24, 2.45) is 0 Å². The summed E-state index contributed by atoms with van der Waals surface area (Å²) >= 11 is 0. The van der Waals surface area contributed by atoms with Crippen molar-refractivity contribution < 1.29 is 9.59 Å². The lowest BCUT2D eigenvalue weighted by molar-refractivity contribution is -0.117. The molecule has 1 aliphatic rings. The van der Waals surface area contributed by atoms with Gasteiger partial charge in [-0.05, 0) is 62.2 Å². The van der Waals surface area contributed by atoms with E-state index >= 15 is 0 Å². The van der Waals surface area contributed by atoms with Crippen LogP contribution in [0.4, 0.5) is 5.69 Å². The van der Waals surface area contributed by atoms with Crippen molar-refractivity contribution in [3.63, 3.8) is 0 Å². The van der Waals surface area contributed by atoms with Gasteiger partial charge in [0.2, 0.25) is 0 Å². The van der Waals surface area contributed by atoms with Crippen LogP contribution in [-0.2, 0) is 9.59 Å². The molecule has 2 heterocycles. The van der Waals surface area contributed by atoms with Crippen LogP contribution in [0.2, 0.25) is 0 Å². The van der Waals surface area contributed by atoms with Gasteiger partial charge in [0.1, 0.15) is 5.57 Å². The van der Waals surface area contributed by atoms with Crippen LogP contribution in [0.3, 0.4) is 0 Å². The van der Waals surface area contributed by atoms with Gasteiger partial charge in [-0.15, -0.1) is 0 Å². The first-order chi connectivity index (χ1) is 13.5. The Morgan fingerprint density at radius 1 is 0.893 bits per heavy atom. The van der Waals surface area contributed by atoms with Crippen molar-refractivity contribution in [3.05, 3.63) is 88.8 Å². The fourth-order valence-electron chi connectivity index (χ4n) is 3.59. The Balaban J connectivity index is 1.74. The highest BCUT2D eigenvalue weighted by molar-refractivity contribution is 6.31. The minimum absolute atomic E-state index is 0.133. The third-order valence-electron chi connectivity index (χ3n) is 5.03. The van der Waals surface area contributed by atoms with Gasteiger partial charge in [-0.25, -0.2) is 5.01 Å². The highest BCUT2D eigenvalue weighted by Crippen LogP contribution is 2.27. The average molecular weight is 371 g/mol. The van der Waals surface area contributed by atoms with Crippen LogP contribution in [0.1, 0.15) is 22.5 Å². The molecule has 1 N–H and O–H groups in total. The Labute approximate surface area is 163 Å². The number of carbonyl (C=O) groups is 2. The maximum atomic E-state index is 12.8. The number of aromatic nitrogens is 1. The van der Waals surface area contributed by atoms with Crippen molar-refractivity contribution >= 4 is 23.6 Å². The third-order valence-corrected chi connectivity index (χ3v) is 5.03. The monoisotopic (exact) mass is 371 g/mol. The molecule has 5 nitrogen and oxygen atoms in total. The summed E-state index contributed by atoms with van der Waals surface area (Å²) in [6.07, 6.45) is 1.68. The number of benzene rings is 2.